The van der Waals surface area contributed by atoms with E-state index in [-0.39, 0.29) is 18.7 Å². The molecule has 1 heterocycles. The van der Waals surface area contributed by atoms with Gasteiger partial charge in [0, 0.05) is 44.8 Å². The van der Waals surface area contributed by atoms with Gasteiger partial charge < -0.3 is 10.2 Å². The molecule has 0 aliphatic carbocycles. The summed E-state index contributed by atoms with van der Waals surface area (Å²) in [4.78, 5) is 4.15. The maximum Gasteiger partial charge on any atom is 0.129 e. The van der Waals surface area contributed by atoms with E-state index in [0.29, 0.717) is 6.54 Å². The molecular formula is C14H20F2N2O2. The molecule has 0 saturated carbocycles. The molecule has 1 saturated heterocycles. The maximum atomic E-state index is 13.6. The molecule has 1 aliphatic rings. The molecule has 0 spiro atoms. The predicted octanol–water partition coefficient (Wildman–Crippen LogP) is 0.608. The number of hydrogen-bond acceptors (Lipinski definition) is 4. The Labute approximate surface area is 117 Å². The molecule has 0 amide bonds. The Morgan fingerprint density at radius 3 is 2.40 bits per heavy atom. The SMILES string of the molecule is OCCN1CCN(C[C@H](O)c2cc(F)ccc2F)CC1. The molecule has 0 bridgehead atoms. The second kappa shape index (κ2) is 7.08. The zero-order chi connectivity index (χ0) is 14.5. The Balaban J connectivity index is 1.89. The molecule has 112 valence electrons. The lowest BCUT2D eigenvalue weighted by molar-refractivity contribution is 0.0645. The van der Waals surface area contributed by atoms with Gasteiger partial charge in [-0.1, -0.05) is 0 Å². The van der Waals surface area contributed by atoms with Crippen LogP contribution in [0.1, 0.15) is 11.7 Å². The van der Waals surface area contributed by atoms with Gasteiger partial charge in [-0.15, -0.1) is 0 Å². The highest BCUT2D eigenvalue weighted by Crippen LogP contribution is 2.20. The van der Waals surface area contributed by atoms with Crippen LogP contribution in [-0.2, 0) is 0 Å². The molecule has 1 aromatic carbocycles. The lowest BCUT2D eigenvalue weighted by Gasteiger charge is -2.35. The maximum absolute atomic E-state index is 13.6. The van der Waals surface area contributed by atoms with Crippen LogP contribution in [-0.4, -0.2) is 65.9 Å². The summed E-state index contributed by atoms with van der Waals surface area (Å²) in [6, 6.07) is 3.12. The Kier molecular flexibility index (Phi) is 5.42. The summed E-state index contributed by atoms with van der Waals surface area (Å²) in [5, 5.41) is 18.9. The highest BCUT2D eigenvalue weighted by Gasteiger charge is 2.21. The molecule has 6 heteroatoms. The van der Waals surface area contributed by atoms with Gasteiger partial charge in [-0.05, 0) is 18.2 Å². The van der Waals surface area contributed by atoms with Gasteiger partial charge in [0.05, 0.1) is 12.7 Å². The fourth-order valence-corrected chi connectivity index (χ4v) is 2.45. The fourth-order valence-electron chi connectivity index (χ4n) is 2.45. The van der Waals surface area contributed by atoms with E-state index in [1.165, 1.54) is 0 Å². The minimum absolute atomic E-state index is 0.00258. The summed E-state index contributed by atoms with van der Waals surface area (Å²) in [6.07, 6.45) is -1.03. The number of rotatable bonds is 5. The molecule has 20 heavy (non-hydrogen) atoms. The van der Waals surface area contributed by atoms with Gasteiger partial charge in [-0.3, -0.25) is 9.80 Å². The zero-order valence-electron chi connectivity index (χ0n) is 11.3. The lowest BCUT2D eigenvalue weighted by Crippen LogP contribution is -2.48. The van der Waals surface area contributed by atoms with Gasteiger partial charge in [0.25, 0.3) is 0 Å². The van der Waals surface area contributed by atoms with E-state index in [9.17, 15) is 13.9 Å². The second-order valence-electron chi connectivity index (χ2n) is 5.05. The average Bonchev–Trinajstić information content (AvgIpc) is 2.44. The minimum atomic E-state index is -1.03. The largest absolute Gasteiger partial charge is 0.395 e. The first-order chi connectivity index (χ1) is 9.60. The van der Waals surface area contributed by atoms with Gasteiger partial charge in [0.15, 0.2) is 0 Å². The van der Waals surface area contributed by atoms with Crippen molar-refractivity contribution in [3.05, 3.63) is 35.4 Å². The number of nitrogens with zero attached hydrogens (tertiary/aromatic N) is 2. The second-order valence-corrected chi connectivity index (χ2v) is 5.05. The molecular weight excluding hydrogens is 266 g/mol. The first kappa shape index (κ1) is 15.3. The van der Waals surface area contributed by atoms with Crippen molar-refractivity contribution in [2.24, 2.45) is 0 Å². The fraction of sp³-hybridized carbons (Fsp3) is 0.571. The number of β-amino-alcohol motifs (C(OH)–C–C–N with tert-alkyl or cyclic N) is 2. The van der Waals surface area contributed by atoms with E-state index in [0.717, 1.165) is 44.4 Å². The zero-order valence-corrected chi connectivity index (χ0v) is 11.3. The molecule has 1 aliphatic heterocycles. The molecule has 1 aromatic rings. The Morgan fingerprint density at radius 2 is 1.75 bits per heavy atom. The summed E-state index contributed by atoms with van der Waals surface area (Å²) in [7, 11) is 0. The Bertz CT molecular complexity index is 437. The molecule has 0 aromatic heterocycles. The van der Waals surface area contributed by atoms with Crippen molar-refractivity contribution in [3.63, 3.8) is 0 Å². The van der Waals surface area contributed by atoms with Gasteiger partial charge >= 0.3 is 0 Å². The third kappa shape index (κ3) is 3.96. The van der Waals surface area contributed by atoms with Crippen molar-refractivity contribution in [2.75, 3.05) is 45.9 Å². The molecule has 1 atom stereocenters. The first-order valence-corrected chi connectivity index (χ1v) is 6.78. The molecule has 2 rings (SSSR count). The highest BCUT2D eigenvalue weighted by atomic mass is 19.1. The normalized spacial score (nSPS) is 19.2. The van der Waals surface area contributed by atoms with Crippen molar-refractivity contribution in [1.29, 1.82) is 0 Å². The minimum Gasteiger partial charge on any atom is -0.395 e. The smallest absolute Gasteiger partial charge is 0.129 e. The van der Waals surface area contributed by atoms with Crippen LogP contribution in [0.15, 0.2) is 18.2 Å². The molecule has 4 nitrogen and oxygen atoms in total. The van der Waals surface area contributed by atoms with Crippen LogP contribution >= 0.6 is 0 Å². The Hall–Kier alpha value is -1.08. The van der Waals surface area contributed by atoms with Crippen LogP contribution in [0.3, 0.4) is 0 Å². The van der Waals surface area contributed by atoms with Crippen LogP contribution in [0.5, 0.6) is 0 Å². The van der Waals surface area contributed by atoms with Crippen LogP contribution in [0.25, 0.3) is 0 Å². The highest BCUT2D eigenvalue weighted by molar-refractivity contribution is 5.21. The topological polar surface area (TPSA) is 46.9 Å². The van der Waals surface area contributed by atoms with Crippen LogP contribution < -0.4 is 0 Å². The first-order valence-electron chi connectivity index (χ1n) is 6.78. The quantitative estimate of drug-likeness (QED) is 0.832. The van der Waals surface area contributed by atoms with Crippen molar-refractivity contribution in [1.82, 2.24) is 9.80 Å². The van der Waals surface area contributed by atoms with Crippen LogP contribution in [0.2, 0.25) is 0 Å². The van der Waals surface area contributed by atoms with Crippen molar-refractivity contribution in [2.45, 2.75) is 6.10 Å². The van der Waals surface area contributed by atoms with Gasteiger partial charge in [-0.2, -0.15) is 0 Å². The van der Waals surface area contributed by atoms with E-state index in [4.69, 9.17) is 5.11 Å². The standard InChI is InChI=1S/C14H20F2N2O2/c15-11-1-2-13(16)12(9-11)14(20)10-18-5-3-17(4-6-18)7-8-19/h1-2,9,14,19-20H,3-8,10H2/t14-/m0/s1. The lowest BCUT2D eigenvalue weighted by atomic mass is 10.1. The number of hydrogen-bond donors (Lipinski definition) is 2. The van der Waals surface area contributed by atoms with E-state index >= 15 is 0 Å². The molecule has 2 N–H and O–H groups in total. The van der Waals surface area contributed by atoms with Crippen molar-refractivity contribution in [3.8, 4) is 0 Å². The monoisotopic (exact) mass is 286 g/mol. The van der Waals surface area contributed by atoms with Gasteiger partial charge in [0.1, 0.15) is 11.6 Å². The summed E-state index contributed by atoms with van der Waals surface area (Å²) >= 11 is 0. The Morgan fingerprint density at radius 1 is 1.10 bits per heavy atom. The number of aliphatic hydroxyl groups is 2. The van der Waals surface area contributed by atoms with E-state index < -0.39 is 17.7 Å². The predicted molar refractivity (Wildman–Crippen MR) is 71.3 cm³/mol. The third-order valence-corrected chi connectivity index (χ3v) is 3.63. The molecule has 1 fully saturated rings. The van der Waals surface area contributed by atoms with Crippen LogP contribution in [0, 0.1) is 11.6 Å². The third-order valence-electron chi connectivity index (χ3n) is 3.63. The average molecular weight is 286 g/mol. The summed E-state index contributed by atoms with van der Waals surface area (Å²) in [5.41, 5.74) is 0.00258. The van der Waals surface area contributed by atoms with E-state index in [2.05, 4.69) is 4.90 Å². The van der Waals surface area contributed by atoms with E-state index in [1.807, 2.05) is 4.90 Å². The number of benzene rings is 1. The molecule has 0 unspecified atom stereocenters. The summed E-state index contributed by atoms with van der Waals surface area (Å²) in [6.45, 7) is 4.17. The van der Waals surface area contributed by atoms with Crippen molar-refractivity contribution >= 4 is 0 Å². The summed E-state index contributed by atoms with van der Waals surface area (Å²) in [5.74, 6) is -1.13. The number of halogens is 2. The number of piperazine rings is 1. The van der Waals surface area contributed by atoms with Crippen LogP contribution in [0.4, 0.5) is 8.78 Å². The summed E-state index contributed by atoms with van der Waals surface area (Å²) < 4.78 is 26.7. The van der Waals surface area contributed by atoms with Gasteiger partial charge in [0.2, 0.25) is 0 Å². The van der Waals surface area contributed by atoms with Gasteiger partial charge in [-0.25, -0.2) is 8.78 Å². The van der Waals surface area contributed by atoms with Crippen molar-refractivity contribution < 1.29 is 19.0 Å². The number of aliphatic hydroxyl groups excluding tert-OH is 2. The molecule has 0 radical (unpaired) electrons. The van der Waals surface area contributed by atoms with E-state index in [1.54, 1.807) is 0 Å².